The summed E-state index contributed by atoms with van der Waals surface area (Å²) in [5.41, 5.74) is 2.55. The van der Waals surface area contributed by atoms with Crippen LogP contribution in [0.4, 0.5) is 5.00 Å². The van der Waals surface area contributed by atoms with Gasteiger partial charge in [-0.05, 0) is 65.6 Å². The Morgan fingerprint density at radius 1 is 1.26 bits per heavy atom. The molecule has 0 bridgehead atoms. The standard InChI is InChI=1S/C24H29N5O3S2/c1-5-32-22(31)20-17-12-11-15(24(2,3)4)13-18(17)34-21(20)25-19(30)14-33-23-26-27-28-29(23)16-9-7-6-8-10-16/h6-10,15H,5,11-14H2,1-4H3,(H,25,30)/t15-/m1/s1. The van der Waals surface area contributed by atoms with Crippen molar-refractivity contribution in [2.45, 2.75) is 52.1 Å². The van der Waals surface area contributed by atoms with Crippen molar-refractivity contribution in [2.75, 3.05) is 17.7 Å². The number of ether oxygens (including phenoxy) is 1. The molecule has 0 saturated heterocycles. The number of hydrogen-bond donors (Lipinski definition) is 1. The van der Waals surface area contributed by atoms with Crippen LogP contribution in [0.3, 0.4) is 0 Å². The molecular formula is C24H29N5O3S2. The van der Waals surface area contributed by atoms with E-state index in [2.05, 4.69) is 41.6 Å². The van der Waals surface area contributed by atoms with Crippen molar-refractivity contribution in [3.8, 4) is 5.69 Å². The number of anilines is 1. The third-order valence-electron chi connectivity index (χ3n) is 6.00. The molecule has 1 atom stereocenters. The molecule has 0 radical (unpaired) electrons. The van der Waals surface area contributed by atoms with E-state index in [1.807, 2.05) is 30.3 Å². The number of aromatic nitrogens is 4. The van der Waals surface area contributed by atoms with Crippen LogP contribution in [-0.2, 0) is 22.4 Å². The smallest absolute Gasteiger partial charge is 0.341 e. The molecule has 8 nitrogen and oxygen atoms in total. The molecule has 1 aromatic carbocycles. The zero-order valence-corrected chi connectivity index (χ0v) is 21.5. The first-order valence-electron chi connectivity index (χ1n) is 11.4. The largest absolute Gasteiger partial charge is 0.462 e. The van der Waals surface area contributed by atoms with Gasteiger partial charge in [0.05, 0.1) is 23.6 Å². The number of rotatable bonds is 7. The van der Waals surface area contributed by atoms with E-state index in [1.54, 1.807) is 11.6 Å². The highest BCUT2D eigenvalue weighted by Crippen LogP contribution is 2.44. The monoisotopic (exact) mass is 499 g/mol. The number of nitrogens with zero attached hydrogens (tertiary/aromatic N) is 4. The molecule has 2 heterocycles. The Hall–Kier alpha value is -2.72. The first-order valence-corrected chi connectivity index (χ1v) is 13.2. The fourth-order valence-electron chi connectivity index (χ4n) is 4.13. The van der Waals surface area contributed by atoms with Gasteiger partial charge in [0, 0.05) is 4.88 Å². The van der Waals surface area contributed by atoms with E-state index < -0.39 is 0 Å². The van der Waals surface area contributed by atoms with E-state index in [4.69, 9.17) is 4.74 Å². The zero-order valence-electron chi connectivity index (χ0n) is 19.8. The van der Waals surface area contributed by atoms with Crippen molar-refractivity contribution >= 4 is 40.0 Å². The predicted octanol–water partition coefficient (Wildman–Crippen LogP) is 4.78. The van der Waals surface area contributed by atoms with Crippen LogP contribution in [0.1, 0.15) is 54.9 Å². The van der Waals surface area contributed by atoms with Crippen molar-refractivity contribution in [3.63, 3.8) is 0 Å². The zero-order chi connectivity index (χ0) is 24.3. The summed E-state index contributed by atoms with van der Waals surface area (Å²) in [6, 6.07) is 9.51. The second kappa shape index (κ2) is 10.3. The van der Waals surface area contributed by atoms with Crippen molar-refractivity contribution in [3.05, 3.63) is 46.3 Å². The van der Waals surface area contributed by atoms with Gasteiger partial charge in [0.2, 0.25) is 11.1 Å². The van der Waals surface area contributed by atoms with Crippen LogP contribution in [0.15, 0.2) is 35.5 Å². The molecule has 4 rings (SSSR count). The molecule has 0 unspecified atom stereocenters. The Kier molecular flexibility index (Phi) is 7.37. The van der Waals surface area contributed by atoms with Gasteiger partial charge in [0.1, 0.15) is 5.00 Å². The minimum atomic E-state index is -0.370. The first-order chi connectivity index (χ1) is 16.3. The van der Waals surface area contributed by atoms with Gasteiger partial charge in [-0.15, -0.1) is 16.4 Å². The maximum atomic E-state index is 12.9. The van der Waals surface area contributed by atoms with Gasteiger partial charge < -0.3 is 10.1 Å². The van der Waals surface area contributed by atoms with Crippen LogP contribution in [0.25, 0.3) is 5.69 Å². The van der Waals surface area contributed by atoms with Crippen molar-refractivity contribution in [1.29, 1.82) is 0 Å². The van der Waals surface area contributed by atoms with Gasteiger partial charge in [0.15, 0.2) is 0 Å². The molecule has 1 aliphatic rings. The Bertz CT molecular complexity index is 1170. The Balaban J connectivity index is 1.50. The molecule has 1 amide bonds. The van der Waals surface area contributed by atoms with E-state index >= 15 is 0 Å². The minimum absolute atomic E-state index is 0.114. The molecule has 3 aromatic rings. The summed E-state index contributed by atoms with van der Waals surface area (Å²) in [7, 11) is 0. The van der Waals surface area contributed by atoms with E-state index in [0.717, 1.165) is 30.5 Å². The second-order valence-electron chi connectivity index (χ2n) is 9.28. The SMILES string of the molecule is CCOC(=O)c1c(NC(=O)CSc2nnnn2-c2ccccc2)sc2c1CC[C@@H](C(C)(C)C)C2. The number of carbonyl (C=O) groups excluding carboxylic acids is 2. The summed E-state index contributed by atoms with van der Waals surface area (Å²) < 4.78 is 6.93. The summed E-state index contributed by atoms with van der Waals surface area (Å²) in [4.78, 5) is 26.8. The molecule has 1 aliphatic carbocycles. The molecule has 0 spiro atoms. The van der Waals surface area contributed by atoms with E-state index in [1.165, 1.54) is 28.0 Å². The Morgan fingerprint density at radius 3 is 2.74 bits per heavy atom. The van der Waals surface area contributed by atoms with E-state index in [-0.39, 0.29) is 23.0 Å². The lowest BCUT2D eigenvalue weighted by Gasteiger charge is -2.33. The maximum Gasteiger partial charge on any atom is 0.341 e. The van der Waals surface area contributed by atoms with Gasteiger partial charge in [-0.25, -0.2) is 4.79 Å². The van der Waals surface area contributed by atoms with Gasteiger partial charge in [-0.2, -0.15) is 4.68 Å². The topological polar surface area (TPSA) is 99.0 Å². The fourth-order valence-corrected chi connectivity index (χ4v) is 6.15. The average molecular weight is 500 g/mol. The van der Waals surface area contributed by atoms with Gasteiger partial charge in [-0.3, -0.25) is 4.79 Å². The lowest BCUT2D eigenvalue weighted by molar-refractivity contribution is -0.113. The number of thioether (sulfide) groups is 1. The van der Waals surface area contributed by atoms with Crippen LogP contribution in [0.2, 0.25) is 0 Å². The molecule has 0 saturated carbocycles. The normalized spacial score (nSPS) is 15.6. The lowest BCUT2D eigenvalue weighted by Crippen LogP contribution is -2.26. The number of esters is 1. The quantitative estimate of drug-likeness (QED) is 0.369. The number of fused-ring (bicyclic) bond motifs is 1. The summed E-state index contributed by atoms with van der Waals surface area (Å²) >= 11 is 2.74. The van der Waals surface area contributed by atoms with Crippen LogP contribution in [-0.4, -0.2) is 44.4 Å². The number of thiophene rings is 1. The molecule has 180 valence electrons. The number of para-hydroxylation sites is 1. The summed E-state index contributed by atoms with van der Waals surface area (Å²) in [5, 5.41) is 15.9. The van der Waals surface area contributed by atoms with Crippen molar-refractivity contribution in [2.24, 2.45) is 11.3 Å². The van der Waals surface area contributed by atoms with Crippen molar-refractivity contribution < 1.29 is 14.3 Å². The summed E-state index contributed by atoms with van der Waals surface area (Å²) in [5.74, 6) is 0.0572. The summed E-state index contributed by atoms with van der Waals surface area (Å²) in [6.07, 6.45) is 2.75. The highest BCUT2D eigenvalue weighted by molar-refractivity contribution is 7.99. The van der Waals surface area contributed by atoms with E-state index in [0.29, 0.717) is 28.2 Å². The number of hydrogen-bond acceptors (Lipinski definition) is 8. The maximum absolute atomic E-state index is 12.9. The van der Waals surface area contributed by atoms with Gasteiger partial charge in [0.25, 0.3) is 0 Å². The molecule has 2 aromatic heterocycles. The number of amides is 1. The number of benzene rings is 1. The molecule has 0 fully saturated rings. The minimum Gasteiger partial charge on any atom is -0.462 e. The third-order valence-corrected chi connectivity index (χ3v) is 8.09. The van der Waals surface area contributed by atoms with Crippen LogP contribution >= 0.6 is 23.1 Å². The predicted molar refractivity (Wildman–Crippen MR) is 134 cm³/mol. The van der Waals surface area contributed by atoms with Crippen LogP contribution < -0.4 is 5.32 Å². The highest BCUT2D eigenvalue weighted by atomic mass is 32.2. The summed E-state index contributed by atoms with van der Waals surface area (Å²) in [6.45, 7) is 8.85. The van der Waals surface area contributed by atoms with Gasteiger partial charge in [-0.1, -0.05) is 50.7 Å². The van der Waals surface area contributed by atoms with Crippen molar-refractivity contribution in [1.82, 2.24) is 20.2 Å². The van der Waals surface area contributed by atoms with Crippen LogP contribution in [0.5, 0.6) is 0 Å². The number of carbonyl (C=O) groups is 2. The van der Waals surface area contributed by atoms with Crippen LogP contribution in [0, 0.1) is 11.3 Å². The average Bonchev–Trinajstić information content (AvgIpc) is 3.41. The molecule has 34 heavy (non-hydrogen) atoms. The Morgan fingerprint density at radius 2 is 2.03 bits per heavy atom. The molecule has 10 heteroatoms. The Labute approximate surface area is 207 Å². The van der Waals surface area contributed by atoms with Gasteiger partial charge >= 0.3 is 5.97 Å². The van der Waals surface area contributed by atoms with E-state index in [9.17, 15) is 9.59 Å². The molecule has 0 aliphatic heterocycles. The fraction of sp³-hybridized carbons (Fsp3) is 0.458. The first kappa shape index (κ1) is 24.4. The second-order valence-corrected chi connectivity index (χ2v) is 11.3. The molecular weight excluding hydrogens is 470 g/mol. The number of tetrazole rings is 1. The highest BCUT2D eigenvalue weighted by Gasteiger charge is 2.34. The third kappa shape index (κ3) is 5.33. The molecule has 1 N–H and O–H groups in total. The lowest BCUT2D eigenvalue weighted by atomic mass is 9.72. The number of nitrogens with one attached hydrogen (secondary N) is 1.